The van der Waals surface area contributed by atoms with Gasteiger partial charge in [-0.1, -0.05) is 0 Å². The largest absolute Gasteiger partial charge is 0.493 e. The maximum Gasteiger partial charge on any atom is 0.303 e. The predicted octanol–water partition coefficient (Wildman–Crippen LogP) is 1.27. The van der Waals surface area contributed by atoms with Crippen LogP contribution in [0, 0.1) is 0 Å². The summed E-state index contributed by atoms with van der Waals surface area (Å²) in [6.07, 6.45) is -0.160. The van der Waals surface area contributed by atoms with Crippen molar-refractivity contribution in [3.8, 4) is 22.9 Å². The minimum atomic E-state index is -1.00. The average Bonchev–Trinajstić information content (AvgIpc) is 2.64. The topological polar surface area (TPSA) is 124 Å². The van der Waals surface area contributed by atoms with E-state index >= 15 is 0 Å². The molecule has 0 saturated heterocycles. The summed E-state index contributed by atoms with van der Waals surface area (Å²) in [5.74, 6) is 0.286. The van der Waals surface area contributed by atoms with Crippen molar-refractivity contribution in [2.24, 2.45) is 0 Å². The van der Waals surface area contributed by atoms with Crippen LogP contribution in [0.2, 0.25) is 0 Å². The SMILES string of the molecule is CCOCCOc1ccc(-c2nnc(CCC(=O)O)c(=O)[nH]2)cc1OC. The summed E-state index contributed by atoms with van der Waals surface area (Å²) in [7, 11) is 1.51. The minimum Gasteiger partial charge on any atom is -0.493 e. The van der Waals surface area contributed by atoms with Crippen molar-refractivity contribution in [3.63, 3.8) is 0 Å². The van der Waals surface area contributed by atoms with Crippen molar-refractivity contribution in [2.45, 2.75) is 19.8 Å². The Kier molecular flexibility index (Phi) is 7.10. The Labute approximate surface area is 149 Å². The molecule has 0 amide bonds. The van der Waals surface area contributed by atoms with Gasteiger partial charge in [0.15, 0.2) is 17.3 Å². The molecule has 0 spiro atoms. The first kappa shape index (κ1) is 19.4. The van der Waals surface area contributed by atoms with Crippen molar-refractivity contribution in [3.05, 3.63) is 34.2 Å². The maximum atomic E-state index is 12.0. The van der Waals surface area contributed by atoms with Crippen LogP contribution in [-0.4, -0.2) is 53.2 Å². The van der Waals surface area contributed by atoms with Crippen molar-refractivity contribution >= 4 is 5.97 Å². The summed E-state index contributed by atoms with van der Waals surface area (Å²) in [6.45, 7) is 3.38. The molecule has 9 nitrogen and oxygen atoms in total. The molecule has 0 saturated carbocycles. The van der Waals surface area contributed by atoms with Gasteiger partial charge in [0.2, 0.25) is 0 Å². The normalized spacial score (nSPS) is 10.5. The molecule has 0 aliphatic heterocycles. The number of rotatable bonds is 10. The molecule has 2 N–H and O–H groups in total. The van der Waals surface area contributed by atoms with Gasteiger partial charge in [0.05, 0.1) is 20.1 Å². The zero-order chi connectivity index (χ0) is 18.9. The summed E-state index contributed by atoms with van der Waals surface area (Å²) in [6, 6.07) is 5.10. The second-order valence-electron chi connectivity index (χ2n) is 5.25. The van der Waals surface area contributed by atoms with E-state index in [1.54, 1.807) is 18.2 Å². The number of carboxylic acids is 1. The smallest absolute Gasteiger partial charge is 0.303 e. The van der Waals surface area contributed by atoms with Crippen LogP contribution in [0.4, 0.5) is 0 Å². The van der Waals surface area contributed by atoms with E-state index in [0.717, 1.165) is 0 Å². The monoisotopic (exact) mass is 363 g/mol. The van der Waals surface area contributed by atoms with Crippen LogP contribution in [0.5, 0.6) is 11.5 Å². The molecule has 0 fully saturated rings. The standard InChI is InChI=1S/C17H21N3O6/c1-3-25-8-9-26-13-6-4-11(10-14(13)24-2)16-18-17(23)12(19-20-16)5-7-15(21)22/h4,6,10H,3,5,7-9H2,1-2H3,(H,21,22)(H,18,20,23). The highest BCUT2D eigenvalue weighted by molar-refractivity contribution is 5.67. The molecule has 0 unspecified atom stereocenters. The van der Waals surface area contributed by atoms with Crippen LogP contribution < -0.4 is 15.0 Å². The first-order chi connectivity index (χ1) is 12.5. The summed E-state index contributed by atoms with van der Waals surface area (Å²) < 4.78 is 16.1. The van der Waals surface area contributed by atoms with Crippen molar-refractivity contribution in [2.75, 3.05) is 26.9 Å². The highest BCUT2D eigenvalue weighted by Crippen LogP contribution is 2.31. The number of carboxylic acid groups (broad SMARTS) is 1. The summed E-state index contributed by atoms with van der Waals surface area (Å²) in [5.41, 5.74) is 0.208. The maximum absolute atomic E-state index is 12.0. The van der Waals surface area contributed by atoms with Gasteiger partial charge in [-0.25, -0.2) is 0 Å². The fraction of sp³-hybridized carbons (Fsp3) is 0.412. The highest BCUT2D eigenvalue weighted by Gasteiger charge is 2.12. The molecule has 0 aliphatic carbocycles. The number of carbonyl (C=O) groups is 1. The van der Waals surface area contributed by atoms with Gasteiger partial charge in [-0.05, 0) is 25.1 Å². The van der Waals surface area contributed by atoms with E-state index < -0.39 is 11.5 Å². The fourth-order valence-corrected chi connectivity index (χ4v) is 2.17. The Morgan fingerprint density at radius 2 is 2.04 bits per heavy atom. The first-order valence-electron chi connectivity index (χ1n) is 8.11. The average molecular weight is 363 g/mol. The molecule has 2 rings (SSSR count). The molecule has 1 aromatic carbocycles. The van der Waals surface area contributed by atoms with Gasteiger partial charge in [0.1, 0.15) is 12.3 Å². The van der Waals surface area contributed by atoms with E-state index in [-0.39, 0.29) is 24.4 Å². The Morgan fingerprint density at radius 1 is 1.23 bits per heavy atom. The number of hydrogen-bond acceptors (Lipinski definition) is 7. The molecular formula is C17H21N3O6. The number of aliphatic carboxylic acids is 1. The minimum absolute atomic E-state index is 0.0217. The van der Waals surface area contributed by atoms with Crippen molar-refractivity contribution in [1.82, 2.24) is 15.2 Å². The molecule has 1 heterocycles. The molecule has 140 valence electrons. The van der Waals surface area contributed by atoms with Gasteiger partial charge < -0.3 is 24.3 Å². The Bertz CT molecular complexity index is 805. The lowest BCUT2D eigenvalue weighted by Crippen LogP contribution is -2.18. The van der Waals surface area contributed by atoms with Gasteiger partial charge in [0, 0.05) is 18.6 Å². The summed E-state index contributed by atoms with van der Waals surface area (Å²) in [5, 5.41) is 16.5. The van der Waals surface area contributed by atoms with E-state index in [2.05, 4.69) is 15.2 Å². The lowest BCUT2D eigenvalue weighted by molar-refractivity contribution is -0.136. The lowest BCUT2D eigenvalue weighted by atomic mass is 10.2. The summed E-state index contributed by atoms with van der Waals surface area (Å²) in [4.78, 5) is 25.2. The predicted molar refractivity (Wildman–Crippen MR) is 92.6 cm³/mol. The van der Waals surface area contributed by atoms with Crippen molar-refractivity contribution in [1.29, 1.82) is 0 Å². The second kappa shape index (κ2) is 9.52. The third-order valence-corrected chi connectivity index (χ3v) is 3.47. The molecule has 26 heavy (non-hydrogen) atoms. The highest BCUT2D eigenvalue weighted by atomic mass is 16.5. The number of aromatic amines is 1. The molecule has 0 aliphatic rings. The van der Waals surface area contributed by atoms with Crippen LogP contribution in [0.25, 0.3) is 11.4 Å². The van der Waals surface area contributed by atoms with E-state index in [9.17, 15) is 9.59 Å². The lowest BCUT2D eigenvalue weighted by Gasteiger charge is -2.12. The van der Waals surface area contributed by atoms with Gasteiger partial charge in [-0.2, -0.15) is 0 Å². The molecule has 0 atom stereocenters. The third-order valence-electron chi connectivity index (χ3n) is 3.47. The van der Waals surface area contributed by atoms with Crippen LogP contribution in [-0.2, 0) is 16.0 Å². The number of hydrogen-bond donors (Lipinski definition) is 2. The zero-order valence-electron chi connectivity index (χ0n) is 14.7. The first-order valence-corrected chi connectivity index (χ1v) is 8.11. The molecule has 1 aromatic heterocycles. The van der Waals surface area contributed by atoms with E-state index in [1.165, 1.54) is 7.11 Å². The van der Waals surface area contributed by atoms with Crippen LogP contribution >= 0.6 is 0 Å². The fourth-order valence-electron chi connectivity index (χ4n) is 2.17. The molecule has 9 heteroatoms. The van der Waals surface area contributed by atoms with E-state index in [1.807, 2.05) is 6.92 Å². The van der Waals surface area contributed by atoms with Crippen LogP contribution in [0.1, 0.15) is 19.0 Å². The van der Waals surface area contributed by atoms with Gasteiger partial charge >= 0.3 is 5.97 Å². The number of ether oxygens (including phenoxy) is 3. The number of methoxy groups -OCH3 is 1. The quantitative estimate of drug-likeness (QED) is 0.605. The number of nitrogens with one attached hydrogen (secondary N) is 1. The molecule has 0 radical (unpaired) electrons. The number of aromatic nitrogens is 3. The number of aryl methyl sites for hydroxylation is 1. The second-order valence-corrected chi connectivity index (χ2v) is 5.25. The van der Waals surface area contributed by atoms with Gasteiger partial charge in [-0.15, -0.1) is 10.2 Å². The van der Waals surface area contributed by atoms with E-state index in [0.29, 0.717) is 36.9 Å². The van der Waals surface area contributed by atoms with E-state index in [4.69, 9.17) is 19.3 Å². The summed E-state index contributed by atoms with van der Waals surface area (Å²) >= 11 is 0. The Morgan fingerprint density at radius 3 is 2.69 bits per heavy atom. The van der Waals surface area contributed by atoms with Crippen LogP contribution in [0.15, 0.2) is 23.0 Å². The Balaban J connectivity index is 2.16. The van der Waals surface area contributed by atoms with Crippen molar-refractivity contribution < 1.29 is 24.1 Å². The van der Waals surface area contributed by atoms with Gasteiger partial charge in [-0.3, -0.25) is 9.59 Å². The van der Waals surface area contributed by atoms with Crippen LogP contribution in [0.3, 0.4) is 0 Å². The molecular weight excluding hydrogens is 342 g/mol. The number of nitrogens with zero attached hydrogens (tertiary/aromatic N) is 2. The number of benzene rings is 1. The third kappa shape index (κ3) is 5.28. The molecule has 0 bridgehead atoms. The zero-order valence-corrected chi connectivity index (χ0v) is 14.7. The van der Waals surface area contributed by atoms with Gasteiger partial charge in [0.25, 0.3) is 5.56 Å². The number of H-pyrrole nitrogens is 1. The molecule has 2 aromatic rings. The Hall–Kier alpha value is -2.94.